The number of carbonyl (C=O) groups is 3. The lowest BCUT2D eigenvalue weighted by Crippen LogP contribution is -2.71. The van der Waals surface area contributed by atoms with E-state index in [-0.39, 0.29) is 0 Å². The Hall–Kier alpha value is -2.19. The van der Waals surface area contributed by atoms with Gasteiger partial charge in [-0.25, -0.2) is 4.79 Å². The van der Waals surface area contributed by atoms with Gasteiger partial charge in [0.25, 0.3) is 5.79 Å². The van der Waals surface area contributed by atoms with Gasteiger partial charge in [-0.1, -0.05) is 0 Å². The van der Waals surface area contributed by atoms with Crippen molar-refractivity contribution in [2.75, 3.05) is 26.9 Å². The van der Waals surface area contributed by atoms with E-state index in [0.29, 0.717) is 0 Å². The van der Waals surface area contributed by atoms with Crippen molar-refractivity contribution in [2.24, 2.45) is 0 Å². The van der Waals surface area contributed by atoms with E-state index >= 15 is 0 Å². The van der Waals surface area contributed by atoms with E-state index in [0.717, 1.165) is 21.0 Å². The lowest BCUT2D eigenvalue weighted by molar-refractivity contribution is -0.386. The zero-order valence-electron chi connectivity index (χ0n) is 25.5. The molecule has 0 unspecified atom stereocenters. The molecule has 0 saturated carbocycles. The molecule has 11 N–H and O–H groups in total. The van der Waals surface area contributed by atoms with Crippen LogP contribution in [0.25, 0.3) is 0 Å². The Morgan fingerprint density at radius 3 is 1.96 bits per heavy atom. The highest BCUT2D eigenvalue weighted by molar-refractivity contribution is 5.76. The largest absolute Gasteiger partial charge is 0.477 e. The highest BCUT2D eigenvalue weighted by atomic mass is 16.8. The number of carboxylic acid groups (broad SMARTS) is 1. The van der Waals surface area contributed by atoms with Gasteiger partial charge in [0, 0.05) is 27.4 Å². The van der Waals surface area contributed by atoms with Crippen molar-refractivity contribution < 1.29 is 98.6 Å². The van der Waals surface area contributed by atoms with Gasteiger partial charge in [0.2, 0.25) is 5.91 Å². The van der Waals surface area contributed by atoms with E-state index in [4.69, 9.17) is 33.2 Å². The lowest BCUT2D eigenvalue weighted by atomic mass is 9.88. The van der Waals surface area contributed by atoms with E-state index < -0.39 is 142 Å². The van der Waals surface area contributed by atoms with Crippen LogP contribution in [-0.4, -0.2) is 193 Å². The average Bonchev–Trinajstić information content (AvgIpc) is 3.02. The summed E-state index contributed by atoms with van der Waals surface area (Å²) in [6.45, 7) is -0.740. The van der Waals surface area contributed by atoms with Crippen LogP contribution in [0.4, 0.5) is 0 Å². The Balaban J connectivity index is 1.99. The molecule has 0 aliphatic carbocycles. The smallest absolute Gasteiger partial charge is 0.364 e. The Kier molecular flexibility index (Phi) is 13.8. The van der Waals surface area contributed by atoms with Gasteiger partial charge in [-0.2, -0.15) is 0 Å². The summed E-state index contributed by atoms with van der Waals surface area (Å²) in [7, 11) is 1.16. The predicted octanol–water partition coefficient (Wildman–Crippen LogP) is -7.00. The molecule has 0 aromatic rings. The number of amides is 1. The second-order valence-electron chi connectivity index (χ2n) is 11.3. The highest BCUT2D eigenvalue weighted by Crippen LogP contribution is 2.38. The lowest BCUT2D eigenvalue weighted by Gasteiger charge is -2.50. The standard InChI is InChI=1S/C26H43NO20/c1-8(31)27-14-10(33)4-26(25(39)40,46-19(14)15(35)11(34)5-28)47-20-16(36)12(6-29)43-23(18(20)38)45-21-17(37)13(7-30)44-24(41-3)22(21)42-9(2)32/h10-24,28-30,33-38H,4-7H2,1-3H3,(H,27,31)(H,39,40)/t10-,11+,12+,13+,14-,15+,16-,17-,18+,19+,20-,21-,22+,23-,24+,26-/m0/s1. The van der Waals surface area contributed by atoms with Crippen molar-refractivity contribution in [2.45, 2.75) is 118 Å². The fourth-order valence-corrected chi connectivity index (χ4v) is 5.63. The zero-order valence-corrected chi connectivity index (χ0v) is 25.5. The summed E-state index contributed by atoms with van der Waals surface area (Å²) >= 11 is 0. The first-order valence-electron chi connectivity index (χ1n) is 14.5. The number of methoxy groups -OCH3 is 1. The number of ether oxygens (including phenoxy) is 7. The minimum Gasteiger partial charge on any atom is -0.477 e. The summed E-state index contributed by atoms with van der Waals surface area (Å²) in [5.74, 6) is -6.64. The molecule has 16 atom stereocenters. The Labute approximate surface area is 267 Å². The monoisotopic (exact) mass is 689 g/mol. The molecule has 3 aliphatic heterocycles. The maximum Gasteiger partial charge on any atom is 0.364 e. The summed E-state index contributed by atoms with van der Waals surface area (Å²) in [6.07, 6.45) is -26.7. The molecule has 47 heavy (non-hydrogen) atoms. The topological polar surface area (TPSA) is 330 Å². The van der Waals surface area contributed by atoms with Gasteiger partial charge in [0.05, 0.1) is 32.0 Å². The first kappa shape index (κ1) is 39.3. The number of esters is 1. The van der Waals surface area contributed by atoms with Crippen LogP contribution in [0, 0.1) is 0 Å². The van der Waals surface area contributed by atoms with E-state index in [1.165, 1.54) is 0 Å². The molecule has 3 saturated heterocycles. The molecule has 21 heteroatoms. The van der Waals surface area contributed by atoms with Crippen LogP contribution < -0.4 is 5.32 Å². The first-order chi connectivity index (χ1) is 22.0. The van der Waals surface area contributed by atoms with Crippen molar-refractivity contribution in [1.82, 2.24) is 5.32 Å². The van der Waals surface area contributed by atoms with Crippen molar-refractivity contribution in [3.8, 4) is 0 Å². The molecule has 0 aromatic carbocycles. The third-order valence-corrected chi connectivity index (χ3v) is 7.96. The number of hydrogen-bond acceptors (Lipinski definition) is 19. The molecular weight excluding hydrogens is 646 g/mol. The minimum atomic E-state index is -3.04. The van der Waals surface area contributed by atoms with Crippen molar-refractivity contribution in [3.63, 3.8) is 0 Å². The molecule has 3 rings (SSSR count). The molecule has 3 fully saturated rings. The van der Waals surface area contributed by atoms with Crippen molar-refractivity contribution in [1.29, 1.82) is 0 Å². The zero-order chi connectivity index (χ0) is 35.4. The number of aliphatic hydroxyl groups is 9. The second-order valence-corrected chi connectivity index (χ2v) is 11.3. The third-order valence-electron chi connectivity index (χ3n) is 7.96. The molecule has 1 amide bonds. The SMILES string of the molecule is CO[C@@H]1O[C@H](CO)[C@H](O)[C@H](O[C@@H]2O[C@H](CO)[C@H](O)[C@H](O[C@]3(C(=O)O)C[C@H](O)[C@H](NC(C)=O)[C@H]([C@H](O)[C@H](O)CO)O3)[C@H]2O)[C@H]1OC(C)=O. The predicted molar refractivity (Wildman–Crippen MR) is 144 cm³/mol. The molecule has 0 bridgehead atoms. The van der Waals surface area contributed by atoms with Crippen LogP contribution in [0.1, 0.15) is 20.3 Å². The van der Waals surface area contributed by atoms with Gasteiger partial charge < -0.3 is 89.5 Å². The normalized spacial score (nSPS) is 42.3. The van der Waals surface area contributed by atoms with Crippen LogP contribution in [-0.2, 0) is 47.5 Å². The van der Waals surface area contributed by atoms with Crippen LogP contribution in [0.5, 0.6) is 0 Å². The summed E-state index contributed by atoms with van der Waals surface area (Å²) in [4.78, 5) is 36.3. The number of hydrogen-bond donors (Lipinski definition) is 11. The highest BCUT2D eigenvalue weighted by Gasteiger charge is 2.60. The number of carbonyl (C=O) groups excluding carboxylic acids is 2. The molecular formula is C26H43NO20. The van der Waals surface area contributed by atoms with Crippen LogP contribution in [0.2, 0.25) is 0 Å². The number of carboxylic acids is 1. The molecule has 3 aliphatic rings. The summed E-state index contributed by atoms with van der Waals surface area (Å²) in [5.41, 5.74) is 0. The van der Waals surface area contributed by atoms with E-state index in [9.17, 15) is 65.4 Å². The van der Waals surface area contributed by atoms with Gasteiger partial charge in [0.15, 0.2) is 18.7 Å². The first-order valence-corrected chi connectivity index (χ1v) is 14.5. The second kappa shape index (κ2) is 16.5. The molecule has 3 heterocycles. The number of aliphatic hydroxyl groups excluding tert-OH is 9. The maximum absolute atomic E-state index is 12.7. The van der Waals surface area contributed by atoms with Crippen molar-refractivity contribution in [3.05, 3.63) is 0 Å². The van der Waals surface area contributed by atoms with E-state index in [2.05, 4.69) is 5.32 Å². The third kappa shape index (κ3) is 8.52. The van der Waals surface area contributed by atoms with Gasteiger partial charge in [-0.15, -0.1) is 0 Å². The van der Waals surface area contributed by atoms with Crippen LogP contribution >= 0.6 is 0 Å². The maximum atomic E-state index is 12.7. The van der Waals surface area contributed by atoms with Gasteiger partial charge in [0.1, 0.15) is 61.0 Å². The van der Waals surface area contributed by atoms with Crippen LogP contribution in [0.3, 0.4) is 0 Å². The van der Waals surface area contributed by atoms with E-state index in [1.54, 1.807) is 0 Å². The molecule has 272 valence electrons. The summed E-state index contributed by atoms with van der Waals surface area (Å²) in [5, 5.41) is 106. The Morgan fingerprint density at radius 1 is 0.894 bits per heavy atom. The molecule has 0 radical (unpaired) electrons. The number of nitrogens with one attached hydrogen (secondary N) is 1. The van der Waals surface area contributed by atoms with Crippen molar-refractivity contribution >= 4 is 17.8 Å². The molecule has 21 nitrogen and oxygen atoms in total. The number of aliphatic carboxylic acids is 1. The number of rotatable bonds is 13. The van der Waals surface area contributed by atoms with Gasteiger partial charge in [-0.05, 0) is 0 Å². The minimum absolute atomic E-state index is 0.750. The Bertz CT molecular complexity index is 1070. The van der Waals surface area contributed by atoms with Gasteiger partial charge in [-0.3, -0.25) is 9.59 Å². The Morgan fingerprint density at radius 2 is 1.47 bits per heavy atom. The quantitative estimate of drug-likeness (QED) is 0.0800. The van der Waals surface area contributed by atoms with Crippen LogP contribution in [0.15, 0.2) is 0 Å². The van der Waals surface area contributed by atoms with E-state index in [1.807, 2.05) is 0 Å². The fraction of sp³-hybridized carbons (Fsp3) is 0.885. The fourth-order valence-electron chi connectivity index (χ4n) is 5.63. The molecule has 0 spiro atoms. The average molecular weight is 690 g/mol. The summed E-state index contributed by atoms with van der Waals surface area (Å²) < 4.78 is 38.1. The summed E-state index contributed by atoms with van der Waals surface area (Å²) in [6, 6.07) is -1.55. The van der Waals surface area contributed by atoms with Gasteiger partial charge >= 0.3 is 11.9 Å². The molecule has 0 aromatic heterocycles.